The van der Waals surface area contributed by atoms with Crippen LogP contribution in [0.25, 0.3) is 0 Å². The van der Waals surface area contributed by atoms with Gasteiger partial charge in [-0.25, -0.2) is 4.79 Å². The summed E-state index contributed by atoms with van der Waals surface area (Å²) in [5.41, 5.74) is 0. The van der Waals surface area contributed by atoms with Gasteiger partial charge in [0.2, 0.25) is 0 Å². The molecule has 0 aromatic heterocycles. The molecule has 0 radical (unpaired) electrons. The van der Waals surface area contributed by atoms with Crippen LogP contribution in [-0.4, -0.2) is 19.2 Å². The van der Waals surface area contributed by atoms with Crippen LogP contribution in [0.1, 0.15) is 64.7 Å². The van der Waals surface area contributed by atoms with Gasteiger partial charge in [0, 0.05) is 6.04 Å². The summed E-state index contributed by atoms with van der Waals surface area (Å²) in [6.45, 7) is 2.39. The van der Waals surface area contributed by atoms with Gasteiger partial charge in [-0.05, 0) is 49.9 Å². The van der Waals surface area contributed by atoms with E-state index in [-0.39, 0.29) is 6.09 Å². The number of hydrogen-bond acceptors (Lipinski definition) is 2. The van der Waals surface area contributed by atoms with E-state index in [1.54, 1.807) is 0 Å². The zero-order valence-corrected chi connectivity index (χ0v) is 12.5. The van der Waals surface area contributed by atoms with E-state index in [9.17, 15) is 4.79 Å². The highest BCUT2D eigenvalue weighted by Crippen LogP contribution is 2.36. The van der Waals surface area contributed by atoms with Crippen LogP contribution in [0.15, 0.2) is 0 Å². The normalized spacial score (nSPS) is 35.7. The Morgan fingerprint density at radius 2 is 1.53 bits per heavy atom. The number of amides is 1. The number of methoxy groups -OCH3 is 1. The van der Waals surface area contributed by atoms with Crippen LogP contribution in [0.2, 0.25) is 0 Å². The maximum absolute atomic E-state index is 11.2. The van der Waals surface area contributed by atoms with Crippen LogP contribution < -0.4 is 5.32 Å². The molecule has 0 aliphatic heterocycles. The van der Waals surface area contributed by atoms with Gasteiger partial charge in [0.15, 0.2) is 0 Å². The summed E-state index contributed by atoms with van der Waals surface area (Å²) in [5.74, 6) is 2.83. The Kier molecular flexibility index (Phi) is 5.53. The number of alkyl carbamates (subject to hydrolysis) is 1. The second-order valence-corrected chi connectivity index (χ2v) is 6.72. The van der Waals surface area contributed by atoms with Gasteiger partial charge in [0.25, 0.3) is 0 Å². The fraction of sp³-hybridized carbons (Fsp3) is 0.938. The Balaban J connectivity index is 1.64. The molecule has 0 heterocycles. The molecular weight excluding hydrogens is 238 g/mol. The van der Waals surface area contributed by atoms with Crippen LogP contribution in [0.3, 0.4) is 0 Å². The fourth-order valence-electron chi connectivity index (χ4n) is 3.80. The maximum atomic E-state index is 11.2. The number of carbonyl (C=O) groups excluding carboxylic acids is 1. The summed E-state index contributed by atoms with van der Waals surface area (Å²) in [5, 5.41) is 2.94. The van der Waals surface area contributed by atoms with Crippen molar-refractivity contribution in [3.8, 4) is 0 Å². The van der Waals surface area contributed by atoms with Crippen molar-refractivity contribution in [2.75, 3.05) is 7.11 Å². The molecule has 0 bridgehead atoms. The minimum Gasteiger partial charge on any atom is -0.453 e. The van der Waals surface area contributed by atoms with Gasteiger partial charge in [-0.3, -0.25) is 0 Å². The number of hydrogen-bond donors (Lipinski definition) is 1. The molecule has 2 fully saturated rings. The van der Waals surface area contributed by atoms with Gasteiger partial charge in [-0.2, -0.15) is 0 Å². The Morgan fingerprint density at radius 1 is 1.00 bits per heavy atom. The Morgan fingerprint density at radius 3 is 2.05 bits per heavy atom. The molecule has 0 atom stereocenters. The summed E-state index contributed by atoms with van der Waals surface area (Å²) < 4.78 is 4.66. The third-order valence-electron chi connectivity index (χ3n) is 5.16. The van der Waals surface area contributed by atoms with Crippen molar-refractivity contribution in [3.63, 3.8) is 0 Å². The quantitative estimate of drug-likeness (QED) is 0.835. The Hall–Kier alpha value is -0.730. The van der Waals surface area contributed by atoms with Gasteiger partial charge in [-0.1, -0.05) is 32.6 Å². The van der Waals surface area contributed by atoms with Crippen molar-refractivity contribution in [1.29, 1.82) is 0 Å². The molecule has 2 aliphatic carbocycles. The molecule has 3 heteroatoms. The SMILES string of the molecule is COC(=O)NC1CCC(CC2CCC(C)CC2)CC1. The van der Waals surface area contributed by atoms with Crippen LogP contribution in [0, 0.1) is 17.8 Å². The first-order valence-electron chi connectivity index (χ1n) is 8.02. The molecule has 2 saturated carbocycles. The molecule has 0 saturated heterocycles. The maximum Gasteiger partial charge on any atom is 0.407 e. The molecule has 110 valence electrons. The molecule has 2 aliphatic rings. The smallest absolute Gasteiger partial charge is 0.407 e. The van der Waals surface area contributed by atoms with E-state index in [2.05, 4.69) is 17.0 Å². The predicted molar refractivity (Wildman–Crippen MR) is 77.0 cm³/mol. The van der Waals surface area contributed by atoms with E-state index < -0.39 is 0 Å². The van der Waals surface area contributed by atoms with Crippen molar-refractivity contribution in [1.82, 2.24) is 5.32 Å². The number of nitrogens with one attached hydrogen (secondary N) is 1. The molecule has 1 amide bonds. The van der Waals surface area contributed by atoms with Crippen molar-refractivity contribution in [2.24, 2.45) is 17.8 Å². The highest BCUT2D eigenvalue weighted by molar-refractivity contribution is 5.67. The van der Waals surface area contributed by atoms with Crippen LogP contribution in [0.4, 0.5) is 4.79 Å². The van der Waals surface area contributed by atoms with Crippen LogP contribution >= 0.6 is 0 Å². The summed E-state index contributed by atoms with van der Waals surface area (Å²) in [6.07, 6.45) is 11.7. The first kappa shape index (κ1) is 14.7. The number of rotatable bonds is 3. The third-order valence-corrected chi connectivity index (χ3v) is 5.16. The lowest BCUT2D eigenvalue weighted by Gasteiger charge is -2.33. The zero-order valence-electron chi connectivity index (χ0n) is 12.5. The monoisotopic (exact) mass is 267 g/mol. The third kappa shape index (κ3) is 4.70. The van der Waals surface area contributed by atoms with Gasteiger partial charge >= 0.3 is 6.09 Å². The topological polar surface area (TPSA) is 38.3 Å². The first-order valence-corrected chi connectivity index (χ1v) is 8.02. The molecule has 19 heavy (non-hydrogen) atoms. The second-order valence-electron chi connectivity index (χ2n) is 6.72. The fourth-order valence-corrected chi connectivity index (χ4v) is 3.80. The van der Waals surface area contributed by atoms with Crippen molar-refractivity contribution < 1.29 is 9.53 Å². The van der Waals surface area contributed by atoms with E-state index in [1.165, 1.54) is 52.1 Å². The largest absolute Gasteiger partial charge is 0.453 e. The summed E-state index contributed by atoms with van der Waals surface area (Å²) in [4.78, 5) is 11.2. The lowest BCUT2D eigenvalue weighted by Crippen LogP contribution is -2.37. The summed E-state index contributed by atoms with van der Waals surface area (Å²) >= 11 is 0. The highest BCUT2D eigenvalue weighted by atomic mass is 16.5. The summed E-state index contributed by atoms with van der Waals surface area (Å²) in [7, 11) is 1.44. The first-order chi connectivity index (χ1) is 9.17. The minimum atomic E-state index is -0.273. The van der Waals surface area contributed by atoms with Crippen molar-refractivity contribution in [3.05, 3.63) is 0 Å². The minimum absolute atomic E-state index is 0.273. The van der Waals surface area contributed by atoms with Crippen molar-refractivity contribution >= 4 is 6.09 Å². The van der Waals surface area contributed by atoms with Gasteiger partial charge < -0.3 is 10.1 Å². The second kappa shape index (κ2) is 7.16. The van der Waals surface area contributed by atoms with E-state index in [0.29, 0.717) is 6.04 Å². The molecule has 0 aromatic rings. The molecular formula is C16H29NO2. The molecule has 0 unspecified atom stereocenters. The van der Waals surface area contributed by atoms with Crippen LogP contribution in [0.5, 0.6) is 0 Å². The number of carbonyl (C=O) groups is 1. The summed E-state index contributed by atoms with van der Waals surface area (Å²) in [6, 6.07) is 0.343. The average Bonchev–Trinajstić information content (AvgIpc) is 2.43. The van der Waals surface area contributed by atoms with E-state index in [4.69, 9.17) is 0 Å². The highest BCUT2D eigenvalue weighted by Gasteiger charge is 2.26. The molecule has 0 aromatic carbocycles. The molecule has 3 nitrogen and oxygen atoms in total. The lowest BCUT2D eigenvalue weighted by molar-refractivity contribution is 0.156. The Labute approximate surface area is 117 Å². The lowest BCUT2D eigenvalue weighted by atomic mass is 9.75. The number of ether oxygens (including phenoxy) is 1. The standard InChI is InChI=1S/C16H29NO2/c1-12-3-5-13(6-4-12)11-14-7-9-15(10-8-14)17-16(18)19-2/h12-15H,3-11H2,1-2H3,(H,17,18). The van der Waals surface area contributed by atoms with Gasteiger partial charge in [0.1, 0.15) is 0 Å². The van der Waals surface area contributed by atoms with Crippen LogP contribution in [-0.2, 0) is 4.74 Å². The molecule has 0 spiro atoms. The average molecular weight is 267 g/mol. The van der Waals surface area contributed by atoms with Gasteiger partial charge in [0.05, 0.1) is 7.11 Å². The van der Waals surface area contributed by atoms with E-state index in [1.807, 2.05) is 0 Å². The van der Waals surface area contributed by atoms with E-state index >= 15 is 0 Å². The zero-order chi connectivity index (χ0) is 13.7. The Bertz CT molecular complexity index is 276. The van der Waals surface area contributed by atoms with E-state index in [0.717, 1.165) is 30.6 Å². The molecule has 2 rings (SSSR count). The van der Waals surface area contributed by atoms with Gasteiger partial charge in [-0.15, -0.1) is 0 Å². The molecule has 1 N–H and O–H groups in total. The predicted octanol–water partition coefficient (Wildman–Crippen LogP) is 4.12. The van der Waals surface area contributed by atoms with Crippen molar-refractivity contribution in [2.45, 2.75) is 70.8 Å².